The van der Waals surface area contributed by atoms with Gasteiger partial charge in [-0.05, 0) is 50.2 Å². The molecule has 4 heteroatoms. The Bertz CT molecular complexity index is 334. The van der Waals surface area contributed by atoms with Gasteiger partial charge >= 0.3 is 0 Å². The highest BCUT2D eigenvalue weighted by molar-refractivity contribution is 9.10. The fourth-order valence-corrected chi connectivity index (χ4v) is 2.62. The molecule has 0 radical (unpaired) electrons. The molecule has 0 aliphatic carbocycles. The van der Waals surface area contributed by atoms with Crippen LogP contribution in [0.15, 0.2) is 28.7 Å². The number of nitrogens with zero attached hydrogens (tertiary/aromatic N) is 1. The van der Waals surface area contributed by atoms with E-state index in [4.69, 9.17) is 4.74 Å². The van der Waals surface area contributed by atoms with Gasteiger partial charge in [-0.25, -0.2) is 0 Å². The van der Waals surface area contributed by atoms with Crippen LogP contribution in [0, 0.1) is 0 Å². The molecular weight excluding hydrogens is 346 g/mol. The highest BCUT2D eigenvalue weighted by atomic mass is 79.9. The van der Waals surface area contributed by atoms with Gasteiger partial charge in [-0.3, -0.25) is 4.90 Å². The van der Waals surface area contributed by atoms with Crippen LogP contribution in [0.1, 0.15) is 12.8 Å². The Labute approximate surface area is 120 Å². The summed E-state index contributed by atoms with van der Waals surface area (Å²) in [6.07, 6.45) is 2.50. The van der Waals surface area contributed by atoms with E-state index in [0.29, 0.717) is 4.83 Å². The number of hydrogen-bond acceptors (Lipinski definition) is 2. The van der Waals surface area contributed by atoms with E-state index in [1.54, 1.807) is 0 Å². The van der Waals surface area contributed by atoms with Crippen molar-refractivity contribution in [1.29, 1.82) is 0 Å². The Hall–Kier alpha value is -0.0600. The second-order valence-electron chi connectivity index (χ2n) is 4.32. The molecule has 17 heavy (non-hydrogen) atoms. The van der Waals surface area contributed by atoms with Crippen molar-refractivity contribution >= 4 is 31.9 Å². The molecule has 0 spiro atoms. The van der Waals surface area contributed by atoms with E-state index in [9.17, 15) is 0 Å². The van der Waals surface area contributed by atoms with Gasteiger partial charge in [0.15, 0.2) is 0 Å². The zero-order valence-corrected chi connectivity index (χ0v) is 12.9. The summed E-state index contributed by atoms with van der Waals surface area (Å²) in [6, 6.07) is 8.00. The first-order chi connectivity index (χ1) is 8.24. The van der Waals surface area contributed by atoms with E-state index < -0.39 is 0 Å². The van der Waals surface area contributed by atoms with Crippen LogP contribution in [0.25, 0.3) is 0 Å². The first kappa shape index (κ1) is 13.4. The predicted octanol–water partition coefficient (Wildman–Crippen LogP) is 3.69. The van der Waals surface area contributed by atoms with E-state index in [1.165, 1.54) is 25.9 Å². The fourth-order valence-electron chi connectivity index (χ4n) is 1.95. The van der Waals surface area contributed by atoms with Crippen molar-refractivity contribution in [3.8, 4) is 5.75 Å². The molecule has 0 N–H and O–H groups in total. The van der Waals surface area contributed by atoms with Crippen LogP contribution < -0.4 is 4.74 Å². The Balaban J connectivity index is 1.67. The van der Waals surface area contributed by atoms with Gasteiger partial charge in [0.1, 0.15) is 12.4 Å². The maximum absolute atomic E-state index is 5.72. The monoisotopic (exact) mass is 361 g/mol. The smallest absolute Gasteiger partial charge is 0.119 e. The lowest BCUT2D eigenvalue weighted by atomic mass is 10.1. The van der Waals surface area contributed by atoms with Gasteiger partial charge < -0.3 is 4.74 Å². The number of benzene rings is 1. The Morgan fingerprint density at radius 1 is 1.18 bits per heavy atom. The van der Waals surface area contributed by atoms with Crippen LogP contribution in [-0.2, 0) is 0 Å². The topological polar surface area (TPSA) is 12.5 Å². The zero-order valence-electron chi connectivity index (χ0n) is 9.74. The number of alkyl halides is 1. The van der Waals surface area contributed by atoms with Gasteiger partial charge in [-0.15, -0.1) is 0 Å². The summed E-state index contributed by atoms with van der Waals surface area (Å²) in [5.41, 5.74) is 0. The summed E-state index contributed by atoms with van der Waals surface area (Å²) >= 11 is 7.08. The van der Waals surface area contributed by atoms with Crippen molar-refractivity contribution in [1.82, 2.24) is 4.90 Å². The van der Waals surface area contributed by atoms with E-state index in [2.05, 4.69) is 36.8 Å². The van der Waals surface area contributed by atoms with Crippen molar-refractivity contribution in [2.75, 3.05) is 26.2 Å². The number of hydrogen-bond donors (Lipinski definition) is 0. The second-order valence-corrected chi connectivity index (χ2v) is 6.53. The van der Waals surface area contributed by atoms with Crippen molar-refractivity contribution < 1.29 is 4.74 Å². The normalized spacial score (nSPS) is 18.2. The lowest BCUT2D eigenvalue weighted by Gasteiger charge is -2.29. The zero-order chi connectivity index (χ0) is 12.1. The Kier molecular flexibility index (Phi) is 5.32. The highest BCUT2D eigenvalue weighted by Gasteiger charge is 2.16. The van der Waals surface area contributed by atoms with Gasteiger partial charge in [0, 0.05) is 15.8 Å². The summed E-state index contributed by atoms with van der Waals surface area (Å²) in [7, 11) is 0. The molecule has 1 fully saturated rings. The molecule has 1 aliphatic rings. The van der Waals surface area contributed by atoms with Gasteiger partial charge in [0.2, 0.25) is 0 Å². The van der Waals surface area contributed by atoms with Crippen molar-refractivity contribution in [3.63, 3.8) is 0 Å². The van der Waals surface area contributed by atoms with Crippen LogP contribution >= 0.6 is 31.9 Å². The highest BCUT2D eigenvalue weighted by Crippen LogP contribution is 2.18. The van der Waals surface area contributed by atoms with Gasteiger partial charge in [-0.2, -0.15) is 0 Å². The number of piperidine rings is 1. The Morgan fingerprint density at radius 3 is 2.47 bits per heavy atom. The average molecular weight is 363 g/mol. The minimum atomic E-state index is 0.714. The first-order valence-corrected chi connectivity index (χ1v) is 7.70. The third kappa shape index (κ3) is 4.60. The molecule has 0 saturated carbocycles. The minimum Gasteiger partial charge on any atom is -0.492 e. The molecule has 2 rings (SSSR count). The number of rotatable bonds is 4. The predicted molar refractivity (Wildman–Crippen MR) is 78.0 cm³/mol. The van der Waals surface area contributed by atoms with Gasteiger partial charge in [-0.1, -0.05) is 31.9 Å². The fraction of sp³-hybridized carbons (Fsp3) is 0.538. The molecule has 0 bridgehead atoms. The molecule has 1 aromatic rings. The van der Waals surface area contributed by atoms with Gasteiger partial charge in [0.25, 0.3) is 0 Å². The SMILES string of the molecule is Brc1ccc(OCCN2CCC(Br)CC2)cc1. The molecule has 1 saturated heterocycles. The molecule has 0 aromatic heterocycles. The summed E-state index contributed by atoms with van der Waals surface area (Å²) in [5.74, 6) is 0.948. The number of likely N-dealkylation sites (tertiary alicyclic amines) is 1. The third-order valence-corrected chi connectivity index (χ3v) is 4.45. The number of halogens is 2. The maximum atomic E-state index is 5.72. The van der Waals surface area contributed by atoms with Crippen LogP contribution in [-0.4, -0.2) is 36.0 Å². The molecular formula is C13H17Br2NO. The standard InChI is InChI=1S/C13H17Br2NO/c14-11-1-3-13(4-2-11)17-10-9-16-7-5-12(15)6-8-16/h1-4,12H,5-10H2. The maximum Gasteiger partial charge on any atom is 0.119 e. The lowest BCUT2D eigenvalue weighted by molar-refractivity contribution is 0.186. The Morgan fingerprint density at radius 2 is 1.82 bits per heavy atom. The molecule has 0 amide bonds. The summed E-state index contributed by atoms with van der Waals surface area (Å²) in [4.78, 5) is 3.18. The lowest BCUT2D eigenvalue weighted by Crippen LogP contribution is -2.36. The van der Waals surface area contributed by atoms with Crippen LogP contribution in [0.2, 0.25) is 0 Å². The molecule has 1 heterocycles. The van der Waals surface area contributed by atoms with Gasteiger partial charge in [0.05, 0.1) is 0 Å². The third-order valence-electron chi connectivity index (χ3n) is 3.01. The van der Waals surface area contributed by atoms with Crippen molar-refractivity contribution in [2.24, 2.45) is 0 Å². The van der Waals surface area contributed by atoms with Crippen molar-refractivity contribution in [2.45, 2.75) is 17.7 Å². The van der Waals surface area contributed by atoms with Crippen LogP contribution in [0.3, 0.4) is 0 Å². The molecule has 94 valence electrons. The largest absolute Gasteiger partial charge is 0.492 e. The quantitative estimate of drug-likeness (QED) is 0.757. The van der Waals surface area contributed by atoms with E-state index in [1.807, 2.05) is 24.3 Å². The van der Waals surface area contributed by atoms with E-state index >= 15 is 0 Å². The van der Waals surface area contributed by atoms with Crippen LogP contribution in [0.4, 0.5) is 0 Å². The van der Waals surface area contributed by atoms with E-state index in [-0.39, 0.29) is 0 Å². The summed E-state index contributed by atoms with van der Waals surface area (Å²) in [5, 5.41) is 0. The molecule has 0 unspecified atom stereocenters. The minimum absolute atomic E-state index is 0.714. The summed E-state index contributed by atoms with van der Waals surface area (Å²) < 4.78 is 6.80. The summed E-state index contributed by atoms with van der Waals surface area (Å²) in [6.45, 7) is 4.16. The average Bonchev–Trinajstić information content (AvgIpc) is 2.34. The van der Waals surface area contributed by atoms with E-state index in [0.717, 1.165) is 23.4 Å². The second kappa shape index (κ2) is 6.76. The first-order valence-electron chi connectivity index (χ1n) is 5.99. The molecule has 0 atom stereocenters. The van der Waals surface area contributed by atoms with Crippen LogP contribution in [0.5, 0.6) is 5.75 Å². The molecule has 2 nitrogen and oxygen atoms in total. The number of ether oxygens (including phenoxy) is 1. The van der Waals surface area contributed by atoms with Crippen molar-refractivity contribution in [3.05, 3.63) is 28.7 Å². The molecule has 1 aliphatic heterocycles. The molecule has 1 aromatic carbocycles.